The molecule has 0 saturated carbocycles. The second kappa shape index (κ2) is 7.55. The Balaban J connectivity index is 2.07. The highest BCUT2D eigenvalue weighted by atomic mass is 16.2. The number of benzene rings is 1. The first kappa shape index (κ1) is 13.6. The molecule has 2 rings (SSSR count). The summed E-state index contributed by atoms with van der Waals surface area (Å²) in [5.74, 6) is 5.93. The van der Waals surface area contributed by atoms with Gasteiger partial charge in [0.2, 0.25) is 0 Å². The Hall–Kier alpha value is -1.86. The normalized spacial score (nSPS) is 15.3. The first-order valence-corrected chi connectivity index (χ1v) is 6.75. The Labute approximate surface area is 114 Å². The number of hydrogen-bond acceptors (Lipinski definition) is 3. The summed E-state index contributed by atoms with van der Waals surface area (Å²) in [6.45, 7) is 2.06. The van der Waals surface area contributed by atoms with Crippen LogP contribution in [0.15, 0.2) is 34.6 Å². The van der Waals surface area contributed by atoms with Crippen molar-refractivity contribution in [3.63, 3.8) is 0 Å². The minimum Gasteiger partial charge on any atom is -0.395 e. The summed E-state index contributed by atoms with van der Waals surface area (Å²) in [6.07, 6.45) is 4.15. The molecule has 1 aromatic rings. The van der Waals surface area contributed by atoms with Crippen molar-refractivity contribution >= 4 is 5.69 Å². The van der Waals surface area contributed by atoms with E-state index < -0.39 is 0 Å². The molecule has 1 N–H and O–H groups in total. The van der Waals surface area contributed by atoms with Crippen molar-refractivity contribution < 1.29 is 5.11 Å². The van der Waals surface area contributed by atoms with Gasteiger partial charge in [0.25, 0.3) is 0 Å². The molecule has 0 spiro atoms. The third-order valence-corrected chi connectivity index (χ3v) is 2.98. The van der Waals surface area contributed by atoms with E-state index in [2.05, 4.69) is 22.2 Å². The van der Waals surface area contributed by atoms with E-state index in [4.69, 9.17) is 5.11 Å². The fourth-order valence-corrected chi connectivity index (χ4v) is 1.96. The molecule has 0 unspecified atom stereocenters. The van der Waals surface area contributed by atoms with Gasteiger partial charge in [0, 0.05) is 19.5 Å². The number of rotatable bonds is 3. The maximum absolute atomic E-state index is 8.74. The monoisotopic (exact) mass is 257 g/mol. The summed E-state index contributed by atoms with van der Waals surface area (Å²) in [5.41, 5.74) is 1.65. The summed E-state index contributed by atoms with van der Waals surface area (Å²) < 4.78 is 0. The van der Waals surface area contributed by atoms with Gasteiger partial charge >= 0.3 is 0 Å². The first-order chi connectivity index (χ1) is 9.40. The van der Waals surface area contributed by atoms with Crippen LogP contribution in [-0.2, 0) is 0 Å². The highest BCUT2D eigenvalue weighted by Crippen LogP contribution is 2.19. The molecule has 1 aromatic carbocycles. The molecule has 0 bridgehead atoms. The second-order valence-corrected chi connectivity index (χ2v) is 4.50. The van der Waals surface area contributed by atoms with Crippen LogP contribution in [0.2, 0.25) is 0 Å². The lowest BCUT2D eigenvalue weighted by Crippen LogP contribution is -2.23. The summed E-state index contributed by atoms with van der Waals surface area (Å²) in [4.78, 5) is 0. The molecule has 100 valence electrons. The number of aliphatic hydroxyl groups is 1. The van der Waals surface area contributed by atoms with E-state index in [1.54, 1.807) is 0 Å². The summed E-state index contributed by atoms with van der Waals surface area (Å²) in [7, 11) is 0. The topological polar surface area (TPSA) is 48.2 Å². The van der Waals surface area contributed by atoms with Gasteiger partial charge in [-0.15, -0.1) is 5.11 Å². The van der Waals surface area contributed by atoms with Crippen LogP contribution >= 0.6 is 0 Å². The molecule has 0 amide bonds. The number of nitrogens with zero attached hydrogens (tertiary/aromatic N) is 3. The number of hydrogen-bond donors (Lipinski definition) is 1. The number of aliphatic hydroxyl groups excluding tert-OH is 1. The number of piperidine rings is 1. The van der Waals surface area contributed by atoms with E-state index in [-0.39, 0.29) is 6.61 Å². The van der Waals surface area contributed by atoms with E-state index in [1.807, 2.05) is 29.3 Å². The van der Waals surface area contributed by atoms with Gasteiger partial charge < -0.3 is 5.11 Å². The van der Waals surface area contributed by atoms with Gasteiger partial charge in [0.05, 0.1) is 12.2 Å². The van der Waals surface area contributed by atoms with Crippen molar-refractivity contribution in [3.05, 3.63) is 29.8 Å². The predicted octanol–water partition coefficient (Wildman–Crippen LogP) is 2.91. The highest BCUT2D eigenvalue weighted by Gasteiger charge is 2.07. The Bertz CT molecular complexity index is 482. The lowest BCUT2D eigenvalue weighted by atomic mass is 10.2. The molecule has 0 radical (unpaired) electrons. The molecule has 0 atom stereocenters. The van der Waals surface area contributed by atoms with Gasteiger partial charge in [-0.05, 0) is 31.4 Å². The average molecular weight is 257 g/mol. The minimum atomic E-state index is 0.0878. The standard InChI is InChI=1S/C15H19N3O/c19-13-7-4-9-14-8-2-3-10-15(14)16-17-18-11-5-1-6-12-18/h2-3,8,10,19H,1,5-7,11-13H2. The van der Waals surface area contributed by atoms with Gasteiger partial charge in [-0.25, -0.2) is 0 Å². The first-order valence-electron chi connectivity index (χ1n) is 6.75. The van der Waals surface area contributed by atoms with Crippen LogP contribution in [0.1, 0.15) is 31.2 Å². The Morgan fingerprint density at radius 3 is 2.74 bits per heavy atom. The summed E-state index contributed by atoms with van der Waals surface area (Å²) in [6, 6.07) is 7.70. The molecule has 1 aliphatic heterocycles. The maximum Gasteiger partial charge on any atom is 0.103 e. The highest BCUT2D eigenvalue weighted by molar-refractivity contribution is 5.54. The Morgan fingerprint density at radius 2 is 1.95 bits per heavy atom. The smallest absolute Gasteiger partial charge is 0.103 e. The lowest BCUT2D eigenvalue weighted by Gasteiger charge is -2.21. The molecule has 1 aliphatic rings. The van der Waals surface area contributed by atoms with Gasteiger partial charge in [-0.3, -0.25) is 5.01 Å². The zero-order valence-corrected chi connectivity index (χ0v) is 11.0. The van der Waals surface area contributed by atoms with Crippen LogP contribution in [0.5, 0.6) is 0 Å². The lowest BCUT2D eigenvalue weighted by molar-refractivity contribution is 0.224. The van der Waals surface area contributed by atoms with Crippen molar-refractivity contribution in [3.8, 4) is 11.8 Å². The molecule has 4 nitrogen and oxygen atoms in total. The van der Waals surface area contributed by atoms with Crippen LogP contribution in [0, 0.1) is 11.8 Å². The SMILES string of the molecule is OCCC#Cc1ccccc1N=NN1CCCCC1. The van der Waals surface area contributed by atoms with E-state index in [9.17, 15) is 0 Å². The molecule has 1 saturated heterocycles. The van der Waals surface area contributed by atoms with Gasteiger partial charge in [0.15, 0.2) is 0 Å². The fraction of sp³-hybridized carbons (Fsp3) is 0.467. The molecular weight excluding hydrogens is 238 g/mol. The largest absolute Gasteiger partial charge is 0.395 e. The summed E-state index contributed by atoms with van der Waals surface area (Å²) in [5, 5.41) is 19.3. The van der Waals surface area contributed by atoms with Crippen molar-refractivity contribution in [1.82, 2.24) is 5.01 Å². The third-order valence-electron chi connectivity index (χ3n) is 2.98. The zero-order valence-electron chi connectivity index (χ0n) is 11.0. The maximum atomic E-state index is 8.74. The Morgan fingerprint density at radius 1 is 1.16 bits per heavy atom. The minimum absolute atomic E-state index is 0.0878. The predicted molar refractivity (Wildman–Crippen MR) is 75.0 cm³/mol. The van der Waals surface area contributed by atoms with Gasteiger partial charge in [0.1, 0.15) is 5.69 Å². The van der Waals surface area contributed by atoms with E-state index in [0.29, 0.717) is 6.42 Å². The molecular formula is C15H19N3O. The van der Waals surface area contributed by atoms with E-state index >= 15 is 0 Å². The fourth-order valence-electron chi connectivity index (χ4n) is 1.96. The molecule has 0 aromatic heterocycles. The average Bonchev–Trinajstić information content (AvgIpc) is 2.48. The molecule has 1 heterocycles. The van der Waals surface area contributed by atoms with Crippen LogP contribution < -0.4 is 0 Å². The van der Waals surface area contributed by atoms with E-state index in [1.165, 1.54) is 19.3 Å². The zero-order chi connectivity index (χ0) is 13.3. The Kier molecular flexibility index (Phi) is 5.39. The van der Waals surface area contributed by atoms with Crippen molar-refractivity contribution in [2.24, 2.45) is 10.3 Å². The molecule has 19 heavy (non-hydrogen) atoms. The molecule has 1 fully saturated rings. The molecule has 0 aliphatic carbocycles. The van der Waals surface area contributed by atoms with Crippen LogP contribution in [0.25, 0.3) is 0 Å². The quantitative estimate of drug-likeness (QED) is 0.668. The van der Waals surface area contributed by atoms with Crippen LogP contribution in [-0.4, -0.2) is 29.8 Å². The third kappa shape index (κ3) is 4.38. The molecule has 4 heteroatoms. The van der Waals surface area contributed by atoms with Crippen molar-refractivity contribution in [1.29, 1.82) is 0 Å². The second-order valence-electron chi connectivity index (χ2n) is 4.50. The van der Waals surface area contributed by atoms with Crippen molar-refractivity contribution in [2.45, 2.75) is 25.7 Å². The van der Waals surface area contributed by atoms with Gasteiger partial charge in [-0.1, -0.05) is 29.2 Å². The van der Waals surface area contributed by atoms with Gasteiger partial charge in [-0.2, -0.15) is 0 Å². The van der Waals surface area contributed by atoms with Crippen LogP contribution in [0.4, 0.5) is 5.69 Å². The van der Waals surface area contributed by atoms with Crippen LogP contribution in [0.3, 0.4) is 0 Å². The van der Waals surface area contributed by atoms with E-state index in [0.717, 1.165) is 24.3 Å². The summed E-state index contributed by atoms with van der Waals surface area (Å²) >= 11 is 0. The van der Waals surface area contributed by atoms with Crippen molar-refractivity contribution in [2.75, 3.05) is 19.7 Å².